The average molecular weight is 362 g/mol. The van der Waals surface area contributed by atoms with Gasteiger partial charge in [0.25, 0.3) is 0 Å². The summed E-state index contributed by atoms with van der Waals surface area (Å²) in [6.07, 6.45) is 8.41. The highest BCUT2D eigenvalue weighted by atomic mass is 32.2. The van der Waals surface area contributed by atoms with Crippen LogP contribution in [0, 0.1) is 23.7 Å². The van der Waals surface area contributed by atoms with Crippen LogP contribution in [0.3, 0.4) is 0 Å². The molecule has 0 heterocycles. The van der Waals surface area contributed by atoms with Gasteiger partial charge in [-0.2, -0.15) is 9.57 Å². The Balaban J connectivity index is 2.69. The summed E-state index contributed by atoms with van der Waals surface area (Å²) in [6, 6.07) is 18.2. The molecule has 5 heteroatoms. The van der Waals surface area contributed by atoms with Crippen molar-refractivity contribution in [2.75, 3.05) is 6.54 Å². The molecule has 130 valence electrons. The first kappa shape index (κ1) is 19.2. The molecule has 0 fully saturated rings. The largest absolute Gasteiger partial charge is 0.244 e. The van der Waals surface area contributed by atoms with Gasteiger partial charge >= 0.3 is 0 Å². The van der Waals surface area contributed by atoms with Crippen molar-refractivity contribution >= 4 is 10.0 Å². The maximum atomic E-state index is 13.2. The van der Waals surface area contributed by atoms with Crippen LogP contribution in [0.15, 0.2) is 89.9 Å². The number of rotatable bonds is 7. The second-order valence-electron chi connectivity index (χ2n) is 5.35. The van der Waals surface area contributed by atoms with Crippen molar-refractivity contribution in [3.8, 4) is 18.4 Å². The van der Waals surface area contributed by atoms with Crippen molar-refractivity contribution in [2.45, 2.75) is 10.9 Å². The smallest absolute Gasteiger partial charge is 0.207 e. The summed E-state index contributed by atoms with van der Waals surface area (Å²) in [7, 11) is -3.92. The second kappa shape index (κ2) is 8.82. The van der Waals surface area contributed by atoms with Gasteiger partial charge < -0.3 is 0 Å². The topological polar surface area (TPSA) is 61.2 Å². The number of terminal acetylenes is 1. The fraction of sp³-hybridized carbons (Fsp3) is 0.0952. The van der Waals surface area contributed by atoms with Crippen molar-refractivity contribution in [1.29, 1.82) is 5.26 Å². The summed E-state index contributed by atoms with van der Waals surface area (Å²) < 4.78 is 27.6. The van der Waals surface area contributed by atoms with Crippen molar-refractivity contribution in [2.24, 2.45) is 0 Å². The molecule has 0 N–H and O–H groups in total. The standard InChI is InChI=1S/C21H18N2O2S/c1-3-11-19(17-22)21(18-12-7-5-8-13-18)23(16-4-2)26(24,25)20-14-9-6-10-15-20/h2-3,5-15,21H,1,16H2/b19-11+. The van der Waals surface area contributed by atoms with Gasteiger partial charge in [-0.25, -0.2) is 8.42 Å². The minimum atomic E-state index is -3.92. The Labute approximate surface area is 154 Å². The molecule has 2 aromatic carbocycles. The van der Waals surface area contributed by atoms with E-state index in [0.29, 0.717) is 5.56 Å². The third-order valence-electron chi connectivity index (χ3n) is 3.72. The van der Waals surface area contributed by atoms with Crippen LogP contribution in [0.1, 0.15) is 11.6 Å². The van der Waals surface area contributed by atoms with Crippen molar-refractivity contribution < 1.29 is 8.42 Å². The van der Waals surface area contributed by atoms with E-state index in [0.717, 1.165) is 4.31 Å². The number of nitrogens with zero attached hydrogens (tertiary/aromatic N) is 2. The number of hydrogen-bond donors (Lipinski definition) is 0. The van der Waals surface area contributed by atoms with Crippen LogP contribution in [0.4, 0.5) is 0 Å². The molecule has 0 amide bonds. The quantitative estimate of drug-likeness (QED) is 0.429. The maximum absolute atomic E-state index is 13.2. The molecule has 0 saturated heterocycles. The van der Waals surface area contributed by atoms with E-state index in [1.807, 2.05) is 6.07 Å². The summed E-state index contributed by atoms with van der Waals surface area (Å²) in [5.41, 5.74) is 0.887. The van der Waals surface area contributed by atoms with Crippen LogP contribution in [0.5, 0.6) is 0 Å². The molecular formula is C21H18N2O2S. The molecule has 0 spiro atoms. The molecule has 0 aliphatic heterocycles. The van der Waals surface area contributed by atoms with Crippen molar-refractivity contribution in [3.63, 3.8) is 0 Å². The van der Waals surface area contributed by atoms with Crippen LogP contribution in [0.25, 0.3) is 0 Å². The first-order chi connectivity index (χ1) is 12.6. The van der Waals surface area contributed by atoms with Gasteiger partial charge in [0, 0.05) is 0 Å². The third-order valence-corrected chi connectivity index (χ3v) is 5.55. The van der Waals surface area contributed by atoms with Gasteiger partial charge in [0.05, 0.1) is 29.1 Å². The van der Waals surface area contributed by atoms with Gasteiger partial charge in [-0.3, -0.25) is 0 Å². The summed E-state index contributed by atoms with van der Waals surface area (Å²) >= 11 is 0. The second-order valence-corrected chi connectivity index (χ2v) is 7.24. The molecule has 0 saturated carbocycles. The first-order valence-corrected chi connectivity index (χ1v) is 9.28. The van der Waals surface area contributed by atoms with Gasteiger partial charge in [0.15, 0.2) is 0 Å². The highest BCUT2D eigenvalue weighted by Gasteiger charge is 2.34. The van der Waals surface area contributed by atoms with Gasteiger partial charge in [-0.15, -0.1) is 6.42 Å². The van der Waals surface area contributed by atoms with E-state index < -0.39 is 16.1 Å². The summed E-state index contributed by atoms with van der Waals surface area (Å²) in [6.45, 7) is 3.44. The predicted octanol–water partition coefficient (Wildman–Crippen LogP) is 3.69. The lowest BCUT2D eigenvalue weighted by molar-refractivity contribution is 0.394. The van der Waals surface area contributed by atoms with E-state index in [1.165, 1.54) is 24.3 Å². The zero-order valence-corrected chi connectivity index (χ0v) is 14.9. The molecule has 2 rings (SSSR count). The number of hydrogen-bond acceptors (Lipinski definition) is 3. The van der Waals surface area contributed by atoms with Crippen LogP contribution >= 0.6 is 0 Å². The van der Waals surface area contributed by atoms with Crippen LogP contribution in [-0.4, -0.2) is 19.3 Å². The molecule has 4 nitrogen and oxygen atoms in total. The van der Waals surface area contributed by atoms with Gasteiger partial charge in [-0.05, 0) is 23.8 Å². The fourth-order valence-electron chi connectivity index (χ4n) is 2.59. The Morgan fingerprint density at radius 3 is 2.23 bits per heavy atom. The van der Waals surface area contributed by atoms with Gasteiger partial charge in [0.2, 0.25) is 10.0 Å². The Bertz CT molecular complexity index is 966. The van der Waals surface area contributed by atoms with Crippen LogP contribution < -0.4 is 0 Å². The molecular weight excluding hydrogens is 344 g/mol. The molecule has 0 bridgehead atoms. The molecule has 1 atom stereocenters. The number of allylic oxidation sites excluding steroid dienone is 2. The van der Waals surface area contributed by atoms with E-state index in [4.69, 9.17) is 6.42 Å². The summed E-state index contributed by atoms with van der Waals surface area (Å²) in [5, 5.41) is 9.60. The lowest BCUT2D eigenvalue weighted by Crippen LogP contribution is -2.36. The van der Waals surface area contributed by atoms with E-state index >= 15 is 0 Å². The maximum Gasteiger partial charge on any atom is 0.244 e. The number of sulfonamides is 1. The van der Waals surface area contributed by atoms with E-state index in [2.05, 4.69) is 18.6 Å². The molecule has 0 aromatic heterocycles. The molecule has 2 aromatic rings. The zero-order chi connectivity index (χ0) is 19.0. The third kappa shape index (κ3) is 4.10. The molecule has 0 aliphatic carbocycles. The van der Waals surface area contributed by atoms with Crippen LogP contribution in [0.2, 0.25) is 0 Å². The Hall–Kier alpha value is -3.12. The van der Waals surface area contributed by atoms with Gasteiger partial charge in [-0.1, -0.05) is 67.1 Å². The Morgan fingerprint density at radius 1 is 1.15 bits per heavy atom. The van der Waals surface area contributed by atoms with Crippen molar-refractivity contribution in [1.82, 2.24) is 4.31 Å². The molecule has 0 aliphatic rings. The van der Waals surface area contributed by atoms with Crippen LogP contribution in [-0.2, 0) is 10.0 Å². The Morgan fingerprint density at radius 2 is 1.73 bits per heavy atom. The normalized spacial score (nSPS) is 12.8. The monoisotopic (exact) mass is 362 g/mol. The molecule has 1 unspecified atom stereocenters. The zero-order valence-electron chi connectivity index (χ0n) is 14.1. The summed E-state index contributed by atoms with van der Waals surface area (Å²) in [4.78, 5) is 0.118. The molecule has 26 heavy (non-hydrogen) atoms. The number of nitriles is 1. The lowest BCUT2D eigenvalue weighted by Gasteiger charge is -2.29. The SMILES string of the molecule is C#CCN(C(/C(C#N)=C/C=C)c1ccccc1)S(=O)(=O)c1ccccc1. The number of benzene rings is 2. The van der Waals surface area contributed by atoms with E-state index in [1.54, 1.807) is 42.5 Å². The predicted molar refractivity (Wildman–Crippen MR) is 102 cm³/mol. The first-order valence-electron chi connectivity index (χ1n) is 7.84. The van der Waals surface area contributed by atoms with E-state index in [9.17, 15) is 13.7 Å². The Kier molecular flexibility index (Phi) is 6.52. The fourth-order valence-corrected chi connectivity index (χ4v) is 4.11. The highest BCUT2D eigenvalue weighted by molar-refractivity contribution is 7.89. The summed E-state index contributed by atoms with van der Waals surface area (Å²) in [5.74, 6) is 2.40. The average Bonchev–Trinajstić information content (AvgIpc) is 2.68. The van der Waals surface area contributed by atoms with Gasteiger partial charge in [0.1, 0.15) is 0 Å². The lowest BCUT2D eigenvalue weighted by atomic mass is 9.99. The highest BCUT2D eigenvalue weighted by Crippen LogP contribution is 2.33. The minimum Gasteiger partial charge on any atom is -0.207 e. The van der Waals surface area contributed by atoms with Crippen molar-refractivity contribution in [3.05, 3.63) is 90.5 Å². The molecule has 0 radical (unpaired) electrons. The minimum absolute atomic E-state index is 0.118. The van der Waals surface area contributed by atoms with E-state index in [-0.39, 0.29) is 17.0 Å².